The molecule has 0 spiro atoms. The summed E-state index contributed by atoms with van der Waals surface area (Å²) in [6, 6.07) is 7.85. The van der Waals surface area contributed by atoms with Crippen LogP contribution in [0.3, 0.4) is 0 Å². The molecule has 0 fully saturated rings. The molecule has 0 saturated carbocycles. The highest BCUT2D eigenvalue weighted by molar-refractivity contribution is 5.91. The van der Waals surface area contributed by atoms with E-state index in [1.165, 1.54) is 5.56 Å². The minimum absolute atomic E-state index is 0.0832. The molecule has 17 heavy (non-hydrogen) atoms. The van der Waals surface area contributed by atoms with Gasteiger partial charge in [0.15, 0.2) is 0 Å². The molecule has 1 rings (SSSR count). The van der Waals surface area contributed by atoms with E-state index in [1.54, 1.807) is 0 Å². The molecule has 0 bridgehead atoms. The van der Waals surface area contributed by atoms with Crippen molar-refractivity contribution in [2.24, 2.45) is 0 Å². The first-order valence-electron chi connectivity index (χ1n) is 5.93. The van der Waals surface area contributed by atoms with E-state index in [4.69, 9.17) is 4.74 Å². The number of carbonyl (C=O) groups is 1. The third-order valence-corrected chi connectivity index (χ3v) is 2.26. The molecule has 0 aliphatic heterocycles. The summed E-state index contributed by atoms with van der Waals surface area (Å²) in [4.78, 5) is 11.6. The summed E-state index contributed by atoms with van der Waals surface area (Å²) in [5.41, 5.74) is 1.74. The van der Waals surface area contributed by atoms with E-state index in [0.29, 0.717) is 0 Å². The summed E-state index contributed by atoms with van der Waals surface area (Å²) in [5, 5.41) is 2.83. The van der Waals surface area contributed by atoms with Crippen molar-refractivity contribution in [2.45, 2.75) is 39.7 Å². The zero-order valence-electron chi connectivity index (χ0n) is 11.0. The van der Waals surface area contributed by atoms with Gasteiger partial charge in [-0.25, -0.2) is 0 Å². The Morgan fingerprint density at radius 1 is 1.35 bits per heavy atom. The van der Waals surface area contributed by atoms with Gasteiger partial charge in [-0.15, -0.1) is 0 Å². The van der Waals surface area contributed by atoms with Crippen LogP contribution in [0.5, 0.6) is 0 Å². The predicted molar refractivity (Wildman–Crippen MR) is 70.2 cm³/mol. The summed E-state index contributed by atoms with van der Waals surface area (Å²) < 4.78 is 5.41. The molecule has 0 aliphatic carbocycles. The van der Waals surface area contributed by atoms with Crippen molar-refractivity contribution in [2.75, 3.05) is 11.9 Å². The summed E-state index contributed by atoms with van der Waals surface area (Å²) in [6.07, 6.45) is 0.961. The standard InChI is InChI=1S/C14H21NO2/c1-5-11-7-6-8-12(9-11)15-13(16)10-17-14(2,3)4/h6-9H,5,10H2,1-4H3,(H,15,16). The second-order valence-electron chi connectivity index (χ2n) is 5.00. The van der Waals surface area contributed by atoms with Crippen LogP contribution in [0.15, 0.2) is 24.3 Å². The van der Waals surface area contributed by atoms with Crippen molar-refractivity contribution >= 4 is 11.6 Å². The third-order valence-electron chi connectivity index (χ3n) is 2.26. The molecule has 1 aromatic carbocycles. The third kappa shape index (κ3) is 5.50. The second kappa shape index (κ2) is 5.82. The van der Waals surface area contributed by atoms with Crippen LogP contribution in [-0.4, -0.2) is 18.1 Å². The van der Waals surface area contributed by atoms with Gasteiger partial charge in [0.25, 0.3) is 0 Å². The summed E-state index contributed by atoms with van der Waals surface area (Å²) >= 11 is 0. The zero-order chi connectivity index (χ0) is 12.9. The predicted octanol–water partition coefficient (Wildman–Crippen LogP) is 3.00. The van der Waals surface area contributed by atoms with E-state index >= 15 is 0 Å². The number of benzene rings is 1. The number of carbonyl (C=O) groups excluding carboxylic acids is 1. The first-order chi connectivity index (χ1) is 7.90. The van der Waals surface area contributed by atoms with Crippen LogP contribution < -0.4 is 5.32 Å². The fourth-order valence-electron chi connectivity index (χ4n) is 1.35. The van der Waals surface area contributed by atoms with Gasteiger partial charge in [-0.2, -0.15) is 0 Å². The van der Waals surface area contributed by atoms with E-state index in [0.717, 1.165) is 12.1 Å². The highest BCUT2D eigenvalue weighted by Crippen LogP contribution is 2.11. The quantitative estimate of drug-likeness (QED) is 0.871. The number of aryl methyl sites for hydroxylation is 1. The maximum atomic E-state index is 11.6. The van der Waals surface area contributed by atoms with Gasteiger partial charge >= 0.3 is 0 Å². The molecule has 1 aromatic rings. The van der Waals surface area contributed by atoms with Crippen molar-refractivity contribution in [1.29, 1.82) is 0 Å². The van der Waals surface area contributed by atoms with E-state index in [-0.39, 0.29) is 18.1 Å². The number of hydrogen-bond donors (Lipinski definition) is 1. The van der Waals surface area contributed by atoms with E-state index < -0.39 is 0 Å². The Morgan fingerprint density at radius 2 is 2.06 bits per heavy atom. The van der Waals surface area contributed by atoms with Crippen LogP contribution in [0, 0.1) is 0 Å². The molecule has 3 heteroatoms. The van der Waals surface area contributed by atoms with Crippen molar-refractivity contribution in [1.82, 2.24) is 0 Å². The largest absolute Gasteiger partial charge is 0.366 e. The number of amides is 1. The van der Waals surface area contributed by atoms with Gasteiger partial charge in [-0.1, -0.05) is 19.1 Å². The van der Waals surface area contributed by atoms with Gasteiger partial charge in [0.1, 0.15) is 6.61 Å². The fraction of sp³-hybridized carbons (Fsp3) is 0.500. The molecule has 0 heterocycles. The highest BCUT2D eigenvalue weighted by Gasteiger charge is 2.12. The average molecular weight is 235 g/mol. The normalized spacial score (nSPS) is 11.3. The number of hydrogen-bond acceptors (Lipinski definition) is 2. The Bertz CT molecular complexity index is 380. The summed E-state index contributed by atoms with van der Waals surface area (Å²) in [5.74, 6) is -0.117. The number of ether oxygens (including phenoxy) is 1. The SMILES string of the molecule is CCc1cccc(NC(=O)COC(C)(C)C)c1. The van der Waals surface area contributed by atoms with Gasteiger partial charge in [0.2, 0.25) is 5.91 Å². The molecule has 0 aliphatic rings. The molecular formula is C14H21NO2. The highest BCUT2D eigenvalue weighted by atomic mass is 16.5. The lowest BCUT2D eigenvalue weighted by atomic mass is 10.1. The van der Waals surface area contributed by atoms with Crippen molar-refractivity contribution < 1.29 is 9.53 Å². The molecular weight excluding hydrogens is 214 g/mol. The Balaban J connectivity index is 2.50. The Labute approximate surface area is 103 Å². The van der Waals surface area contributed by atoms with Crippen LogP contribution >= 0.6 is 0 Å². The van der Waals surface area contributed by atoms with E-state index in [9.17, 15) is 4.79 Å². The topological polar surface area (TPSA) is 38.3 Å². The summed E-state index contributed by atoms with van der Waals surface area (Å²) in [7, 11) is 0. The van der Waals surface area contributed by atoms with Crippen LogP contribution in [0.2, 0.25) is 0 Å². The molecule has 1 amide bonds. The van der Waals surface area contributed by atoms with Crippen molar-refractivity contribution in [3.8, 4) is 0 Å². The first kappa shape index (κ1) is 13.7. The van der Waals surface area contributed by atoms with Crippen LogP contribution in [0.4, 0.5) is 5.69 Å². The Kier molecular flexibility index (Phi) is 4.70. The molecule has 0 atom stereocenters. The number of rotatable bonds is 4. The molecule has 3 nitrogen and oxygen atoms in total. The lowest BCUT2D eigenvalue weighted by Gasteiger charge is -2.19. The number of anilines is 1. The molecule has 1 N–H and O–H groups in total. The minimum atomic E-state index is -0.289. The molecule has 0 saturated heterocycles. The van der Waals surface area contributed by atoms with Gasteiger partial charge in [-0.3, -0.25) is 4.79 Å². The van der Waals surface area contributed by atoms with Gasteiger partial charge < -0.3 is 10.1 Å². The first-order valence-corrected chi connectivity index (χ1v) is 5.93. The van der Waals surface area contributed by atoms with E-state index in [1.807, 2.05) is 45.0 Å². The maximum absolute atomic E-state index is 11.6. The van der Waals surface area contributed by atoms with Crippen molar-refractivity contribution in [3.63, 3.8) is 0 Å². The lowest BCUT2D eigenvalue weighted by molar-refractivity contribution is -0.125. The minimum Gasteiger partial charge on any atom is -0.366 e. The smallest absolute Gasteiger partial charge is 0.250 e. The Morgan fingerprint density at radius 3 is 2.65 bits per heavy atom. The van der Waals surface area contributed by atoms with Gasteiger partial charge in [0, 0.05) is 5.69 Å². The molecule has 0 unspecified atom stereocenters. The lowest BCUT2D eigenvalue weighted by Crippen LogP contribution is -2.27. The second-order valence-corrected chi connectivity index (χ2v) is 5.00. The molecule has 0 aromatic heterocycles. The average Bonchev–Trinajstić information content (AvgIpc) is 2.26. The van der Waals surface area contributed by atoms with Crippen molar-refractivity contribution in [3.05, 3.63) is 29.8 Å². The van der Waals surface area contributed by atoms with Crippen LogP contribution in [-0.2, 0) is 16.0 Å². The fourth-order valence-corrected chi connectivity index (χ4v) is 1.35. The van der Waals surface area contributed by atoms with Gasteiger partial charge in [0.05, 0.1) is 5.60 Å². The number of nitrogens with one attached hydrogen (secondary N) is 1. The maximum Gasteiger partial charge on any atom is 0.250 e. The Hall–Kier alpha value is -1.35. The van der Waals surface area contributed by atoms with Crippen LogP contribution in [0.25, 0.3) is 0 Å². The van der Waals surface area contributed by atoms with Crippen LogP contribution in [0.1, 0.15) is 33.3 Å². The van der Waals surface area contributed by atoms with Gasteiger partial charge in [-0.05, 0) is 44.9 Å². The molecule has 0 radical (unpaired) electrons. The summed E-state index contributed by atoms with van der Waals surface area (Å²) in [6.45, 7) is 7.96. The zero-order valence-corrected chi connectivity index (χ0v) is 11.0. The van der Waals surface area contributed by atoms with E-state index in [2.05, 4.69) is 12.2 Å². The molecule has 94 valence electrons. The monoisotopic (exact) mass is 235 g/mol.